The summed E-state index contributed by atoms with van der Waals surface area (Å²) in [5.41, 5.74) is 11.7. The number of benzene rings is 2. The summed E-state index contributed by atoms with van der Waals surface area (Å²) in [4.78, 5) is 246. The number of hydrogen-bond donors (Lipinski definition) is 21. The van der Waals surface area contributed by atoms with E-state index in [2.05, 4.69) is 90.4 Å². The average Bonchev–Trinajstić information content (AvgIpc) is 1.70. The standard InChI is InChI=1S/C96H157N19O33S/c1-8-61(3)84(94(134)106-63(5)87(98)127)114-92(132)71(24-26-83(125)126)109-93(133)72(53-66-21-22-67-16-10-11-17-68(67)52-66)111-88(128)65(7)107-90(130)69(18-14-15-27-97)108-91(131)70(23-25-82(123)124)110-95(135)85(62(4)9-2)113-89(129)64(6)105-81(122)59-148-51-45-142-39-33-104-80(121)58-147-50-44-141-38-32-103-79(120)57-146-49-43-140-37-31-102-78(119)56-145-48-42-139-36-30-101-77(118)55-144-47-41-138-35-29-100-76(117)54-143-46-40-137-34-28-99-75(116)20-13-12-19-74-86-73(60-149-74)112-96(136)115-86/h10-11,16-17,21-22,52,61-65,69-74,84-86H,8-9,12-15,18-20,23-51,53-60,97H2,1-7H3,(H2,98,127)(H,99,116)(H,100,117)(H,101,118)(H,102,119)(H,103,120)(H,104,121)(H,105,122)(H,106,134)(H,107,130)(H,108,131)(H,109,133)(H,110,135)(H,111,128)(H,113,129)(H,114,132)(H,123,124)(H,125,126)(H2,112,115,136)/t61-,62-,63-,64-,65-,69-,70-,71-,72-,73-,74-,84-,85-,86-/m0/s1. The van der Waals surface area contributed by atoms with Crippen molar-refractivity contribution in [1.29, 1.82) is 0 Å². The summed E-state index contributed by atoms with van der Waals surface area (Å²) in [6, 6.07) is 0.0204. The van der Waals surface area contributed by atoms with Crippen LogP contribution in [0.2, 0.25) is 0 Å². The molecular weight excluding hydrogens is 1980 g/mol. The molecule has 4 rings (SSSR count). The molecule has 2 fully saturated rings. The fourth-order valence-corrected chi connectivity index (χ4v) is 15.8. The quantitative estimate of drug-likeness (QED) is 0.0218. The lowest BCUT2D eigenvalue weighted by molar-refractivity contribution is -0.139. The molecule has 0 aliphatic carbocycles. The second-order valence-corrected chi connectivity index (χ2v) is 36.4. The van der Waals surface area contributed by atoms with Crippen LogP contribution in [0, 0.1) is 11.8 Å². The number of aliphatic carboxylic acids is 2. The number of primary amides is 1. The molecule has 53 heteroatoms. The maximum Gasteiger partial charge on any atom is 0.315 e. The summed E-state index contributed by atoms with van der Waals surface area (Å²) in [6.07, 6.45) is 1.69. The van der Waals surface area contributed by atoms with Crippen LogP contribution in [0.5, 0.6) is 0 Å². The number of nitrogens with two attached hydrogens (primary N) is 2. The molecule has 840 valence electrons. The highest BCUT2D eigenvalue weighted by Crippen LogP contribution is 2.33. The number of amides is 18. The highest BCUT2D eigenvalue weighted by Gasteiger charge is 2.43. The van der Waals surface area contributed by atoms with E-state index in [-0.39, 0.29) is 252 Å². The van der Waals surface area contributed by atoms with E-state index < -0.39 is 175 Å². The Balaban J connectivity index is 0.998. The van der Waals surface area contributed by atoms with E-state index in [0.717, 1.165) is 35.8 Å². The van der Waals surface area contributed by atoms with Gasteiger partial charge in [0.25, 0.3) is 0 Å². The maximum atomic E-state index is 14.6. The number of unbranched alkanes of at least 4 members (excludes halogenated alkanes) is 2. The molecule has 0 spiro atoms. The Morgan fingerprint density at radius 2 is 0.725 bits per heavy atom. The zero-order chi connectivity index (χ0) is 109. The molecule has 18 amide bonds. The van der Waals surface area contributed by atoms with Gasteiger partial charge in [0, 0.05) is 76.0 Å². The van der Waals surface area contributed by atoms with Crippen LogP contribution < -0.4 is 102 Å². The van der Waals surface area contributed by atoms with Crippen molar-refractivity contribution in [2.75, 3.05) is 210 Å². The van der Waals surface area contributed by atoms with Crippen molar-refractivity contribution >= 4 is 135 Å². The molecule has 0 bridgehead atoms. The van der Waals surface area contributed by atoms with Crippen molar-refractivity contribution in [1.82, 2.24) is 90.4 Å². The third-order valence-corrected chi connectivity index (χ3v) is 24.6. The monoisotopic (exact) mass is 2140 g/mol. The van der Waals surface area contributed by atoms with Crippen molar-refractivity contribution in [3.63, 3.8) is 0 Å². The molecule has 0 saturated carbocycles. The third-order valence-electron chi connectivity index (χ3n) is 23.0. The molecule has 2 aromatic rings. The van der Waals surface area contributed by atoms with Gasteiger partial charge in [0.15, 0.2) is 0 Å². The molecule has 0 aromatic heterocycles. The van der Waals surface area contributed by atoms with E-state index in [1.807, 2.05) is 30.0 Å². The van der Waals surface area contributed by atoms with Gasteiger partial charge in [-0.3, -0.25) is 86.3 Å². The second kappa shape index (κ2) is 77.6. The van der Waals surface area contributed by atoms with Crippen molar-refractivity contribution < 1.29 is 158 Å². The zero-order valence-corrected chi connectivity index (χ0v) is 87.1. The first-order valence-electron chi connectivity index (χ1n) is 50.4. The van der Waals surface area contributed by atoms with Gasteiger partial charge in [-0.15, -0.1) is 0 Å². The smallest absolute Gasteiger partial charge is 0.315 e. The van der Waals surface area contributed by atoms with Gasteiger partial charge in [-0.05, 0) is 100 Å². The Bertz CT molecular complexity index is 4460. The highest BCUT2D eigenvalue weighted by molar-refractivity contribution is 8.00. The maximum absolute atomic E-state index is 14.6. The summed E-state index contributed by atoms with van der Waals surface area (Å²) < 4.78 is 64.6. The van der Waals surface area contributed by atoms with Crippen molar-refractivity contribution in [2.24, 2.45) is 23.3 Å². The summed E-state index contributed by atoms with van der Waals surface area (Å²) in [6.45, 7) is 13.4. The number of carbonyl (C=O) groups is 19. The van der Waals surface area contributed by atoms with E-state index in [1.54, 1.807) is 52.0 Å². The predicted octanol–water partition coefficient (Wildman–Crippen LogP) is -5.14. The van der Waals surface area contributed by atoms with Gasteiger partial charge in [-0.2, -0.15) is 11.8 Å². The molecule has 149 heavy (non-hydrogen) atoms. The number of rotatable bonds is 87. The van der Waals surface area contributed by atoms with E-state index in [0.29, 0.717) is 49.6 Å². The van der Waals surface area contributed by atoms with E-state index >= 15 is 0 Å². The number of nitrogens with one attached hydrogen (secondary N) is 17. The van der Waals surface area contributed by atoms with E-state index in [4.69, 9.17) is 68.3 Å². The Hall–Kier alpha value is -11.7. The van der Waals surface area contributed by atoms with Gasteiger partial charge in [-0.1, -0.05) is 89.4 Å². The number of thioether (sulfide) groups is 1. The number of urea groups is 1. The van der Waals surface area contributed by atoms with Gasteiger partial charge < -0.3 is 169 Å². The van der Waals surface area contributed by atoms with Crippen molar-refractivity contribution in [3.8, 4) is 0 Å². The number of carbonyl (C=O) groups excluding carboxylic acids is 17. The van der Waals surface area contributed by atoms with Crippen LogP contribution in [-0.2, 0) is 150 Å². The van der Waals surface area contributed by atoms with Gasteiger partial charge in [-0.25, -0.2) is 4.79 Å². The highest BCUT2D eigenvalue weighted by atomic mass is 32.2. The first kappa shape index (κ1) is 130. The average molecular weight is 2140 g/mol. The normalized spacial score (nSPS) is 15.7. The van der Waals surface area contributed by atoms with Crippen LogP contribution in [0.1, 0.15) is 138 Å². The number of carboxylic acids is 2. The number of hydrogen-bond acceptors (Lipinski definition) is 33. The molecule has 23 N–H and O–H groups in total. The minimum absolute atomic E-state index is 0.0146. The summed E-state index contributed by atoms with van der Waals surface area (Å²) >= 11 is 1.86. The molecule has 2 heterocycles. The fourth-order valence-electron chi connectivity index (χ4n) is 14.3. The van der Waals surface area contributed by atoms with Gasteiger partial charge in [0.2, 0.25) is 94.5 Å². The first-order valence-corrected chi connectivity index (χ1v) is 51.4. The largest absolute Gasteiger partial charge is 0.481 e. The molecule has 52 nitrogen and oxygen atoms in total. The van der Waals surface area contributed by atoms with E-state index in [1.165, 1.54) is 20.8 Å². The lowest BCUT2D eigenvalue weighted by Gasteiger charge is -2.29. The topological polar surface area (TPSA) is 732 Å². The Labute approximate surface area is 871 Å². The summed E-state index contributed by atoms with van der Waals surface area (Å²) in [5, 5.41) is 66.3. The predicted molar refractivity (Wildman–Crippen MR) is 539 cm³/mol. The van der Waals surface area contributed by atoms with Crippen LogP contribution in [-0.4, -0.2) is 405 Å². The molecule has 2 aliphatic heterocycles. The van der Waals surface area contributed by atoms with Crippen LogP contribution >= 0.6 is 11.8 Å². The third kappa shape index (κ3) is 58.3. The lowest BCUT2D eigenvalue weighted by Crippen LogP contribution is -2.61. The Kier molecular flexibility index (Phi) is 67.4. The number of carboxylic acid groups (broad SMARTS) is 2. The van der Waals surface area contributed by atoms with Crippen LogP contribution in [0.4, 0.5) is 4.79 Å². The molecule has 2 aromatic carbocycles. The minimum atomic E-state index is -1.64. The van der Waals surface area contributed by atoms with Crippen molar-refractivity contribution in [3.05, 3.63) is 48.0 Å². The number of ether oxygens (including phenoxy) is 12. The molecule has 0 unspecified atom stereocenters. The molecule has 2 saturated heterocycles. The number of fused-ring (bicyclic) bond motifs is 2. The summed E-state index contributed by atoms with van der Waals surface area (Å²) in [7, 11) is 0. The summed E-state index contributed by atoms with van der Waals surface area (Å²) in [5.74, 6) is -13.8. The van der Waals surface area contributed by atoms with Crippen LogP contribution in [0.25, 0.3) is 10.8 Å². The van der Waals surface area contributed by atoms with Gasteiger partial charge in [0.05, 0.1) is 131 Å². The Morgan fingerprint density at radius 1 is 0.369 bits per heavy atom. The van der Waals surface area contributed by atoms with Crippen LogP contribution in [0.3, 0.4) is 0 Å². The van der Waals surface area contributed by atoms with Crippen LogP contribution in [0.15, 0.2) is 42.5 Å². The van der Waals surface area contributed by atoms with Gasteiger partial charge >= 0.3 is 18.0 Å². The SMILES string of the molecule is CC[C@H](C)[C@H](NC(=O)[C@H](C)NC(=O)COCCOCCNC(=O)COCCOCCNC(=O)COCCOCCNC(=O)COCCOCCNC(=O)COCCOCCNC(=O)COCCOCCNC(=O)CCCC[C@@H]1SC[C@@H]2NC(=O)N[C@@H]21)C(=O)N[C@@H](CCC(=O)O)C(=O)N[C@@H](CCCCN)C(=O)N[C@@H](C)C(=O)N[C@@H](Cc1ccc2ccccc2c1)C(=O)N[C@@H](CCC(=O)O)C(=O)N[C@H](C(=O)N[C@@H](C)C(N)=O)[C@@H](C)CC. The minimum Gasteiger partial charge on any atom is -0.481 e. The zero-order valence-electron chi connectivity index (χ0n) is 86.3. The first-order chi connectivity index (χ1) is 71.5. The van der Waals surface area contributed by atoms with Crippen molar-refractivity contribution in [2.45, 2.75) is 210 Å². The molecule has 14 atom stereocenters. The van der Waals surface area contributed by atoms with Gasteiger partial charge in [0.1, 0.15) is 94.0 Å². The van der Waals surface area contributed by atoms with E-state index in [9.17, 15) is 101 Å². The molecular formula is C96H157N19O33S. The molecule has 2 aliphatic rings. The molecule has 0 radical (unpaired) electrons. The lowest BCUT2D eigenvalue weighted by atomic mass is 9.97. The fraction of sp³-hybridized carbons (Fsp3) is 0.698. The second-order valence-electron chi connectivity index (χ2n) is 35.1. The Morgan fingerprint density at radius 3 is 1.15 bits per heavy atom.